The third kappa shape index (κ3) is 5.22. The van der Waals surface area contributed by atoms with Gasteiger partial charge in [-0.25, -0.2) is 0 Å². The second-order valence-electron chi connectivity index (χ2n) is 5.00. The number of halogens is 1. The molecule has 0 aliphatic heterocycles. The van der Waals surface area contributed by atoms with E-state index >= 15 is 0 Å². The van der Waals surface area contributed by atoms with Crippen LogP contribution >= 0.6 is 15.9 Å². The molecule has 0 aromatic heterocycles. The predicted molar refractivity (Wildman–Crippen MR) is 72.3 cm³/mol. The van der Waals surface area contributed by atoms with E-state index in [0.29, 0.717) is 5.75 Å². The van der Waals surface area contributed by atoms with Crippen LogP contribution in [-0.4, -0.2) is 18.1 Å². The summed E-state index contributed by atoms with van der Waals surface area (Å²) in [5.41, 5.74) is 0.856. The fraction of sp³-hybridized carbons (Fsp3) is 0.462. The Morgan fingerprint density at radius 2 is 2.06 bits per heavy atom. The summed E-state index contributed by atoms with van der Waals surface area (Å²) in [5, 5.41) is 2.84. The van der Waals surface area contributed by atoms with Crippen LogP contribution < -0.4 is 10.1 Å². The number of carbonyl (C=O) groups excluding carboxylic acids is 1. The standard InChI is InChI=1S/C13H18BrNO2/c1-9-7-10(5-6-11(9)14)17-8-12(16)15-13(2,3)4/h5-7H,8H2,1-4H3,(H,15,16). The lowest BCUT2D eigenvalue weighted by atomic mass is 10.1. The maximum Gasteiger partial charge on any atom is 0.258 e. The average molecular weight is 300 g/mol. The Hall–Kier alpha value is -1.03. The van der Waals surface area contributed by atoms with Crippen molar-refractivity contribution in [2.45, 2.75) is 33.2 Å². The van der Waals surface area contributed by atoms with E-state index in [1.165, 1.54) is 0 Å². The first-order valence-electron chi connectivity index (χ1n) is 5.48. The van der Waals surface area contributed by atoms with Gasteiger partial charge in [0, 0.05) is 10.0 Å². The number of hydrogen-bond donors (Lipinski definition) is 1. The molecule has 0 saturated heterocycles. The zero-order chi connectivity index (χ0) is 13.1. The lowest BCUT2D eigenvalue weighted by Crippen LogP contribution is -2.43. The van der Waals surface area contributed by atoms with Gasteiger partial charge in [0.15, 0.2) is 6.61 Å². The summed E-state index contributed by atoms with van der Waals surface area (Å²) in [5.74, 6) is 0.591. The van der Waals surface area contributed by atoms with Crippen molar-refractivity contribution in [3.63, 3.8) is 0 Å². The Labute approximate surface area is 111 Å². The molecule has 0 atom stereocenters. The molecule has 1 N–H and O–H groups in total. The summed E-state index contributed by atoms with van der Waals surface area (Å²) < 4.78 is 6.45. The lowest BCUT2D eigenvalue weighted by molar-refractivity contribution is -0.124. The minimum Gasteiger partial charge on any atom is -0.484 e. The molecule has 0 bridgehead atoms. The van der Waals surface area contributed by atoms with E-state index in [-0.39, 0.29) is 18.1 Å². The van der Waals surface area contributed by atoms with Crippen LogP contribution in [0.1, 0.15) is 26.3 Å². The summed E-state index contributed by atoms with van der Waals surface area (Å²) in [6.45, 7) is 7.84. The maximum atomic E-state index is 11.5. The molecule has 1 aromatic carbocycles. The molecule has 0 aliphatic rings. The van der Waals surface area contributed by atoms with Gasteiger partial charge in [0.1, 0.15) is 5.75 Å². The Morgan fingerprint density at radius 3 is 2.59 bits per heavy atom. The number of ether oxygens (including phenoxy) is 1. The van der Waals surface area contributed by atoms with Crippen LogP contribution in [-0.2, 0) is 4.79 Å². The Morgan fingerprint density at radius 1 is 1.41 bits per heavy atom. The molecular formula is C13H18BrNO2. The number of carbonyl (C=O) groups is 1. The zero-order valence-electron chi connectivity index (χ0n) is 10.6. The van der Waals surface area contributed by atoms with E-state index in [4.69, 9.17) is 4.74 Å². The maximum absolute atomic E-state index is 11.5. The molecule has 4 heteroatoms. The highest BCUT2D eigenvalue weighted by Crippen LogP contribution is 2.21. The molecule has 1 amide bonds. The molecule has 3 nitrogen and oxygen atoms in total. The predicted octanol–water partition coefficient (Wildman–Crippen LogP) is 3.05. The molecule has 0 saturated carbocycles. The van der Waals surface area contributed by atoms with Gasteiger partial charge in [-0.15, -0.1) is 0 Å². The van der Waals surface area contributed by atoms with Crippen molar-refractivity contribution >= 4 is 21.8 Å². The first-order valence-corrected chi connectivity index (χ1v) is 6.27. The van der Waals surface area contributed by atoms with Crippen molar-refractivity contribution < 1.29 is 9.53 Å². The smallest absolute Gasteiger partial charge is 0.258 e. The van der Waals surface area contributed by atoms with Gasteiger partial charge in [0.2, 0.25) is 0 Å². The van der Waals surface area contributed by atoms with Crippen LogP contribution in [0, 0.1) is 6.92 Å². The third-order valence-corrected chi connectivity index (χ3v) is 2.90. The summed E-state index contributed by atoms with van der Waals surface area (Å²) in [4.78, 5) is 11.5. The largest absolute Gasteiger partial charge is 0.484 e. The van der Waals surface area contributed by atoms with Gasteiger partial charge in [-0.2, -0.15) is 0 Å². The van der Waals surface area contributed by atoms with Gasteiger partial charge in [0.05, 0.1) is 0 Å². The van der Waals surface area contributed by atoms with Crippen molar-refractivity contribution in [3.8, 4) is 5.75 Å². The highest BCUT2D eigenvalue weighted by molar-refractivity contribution is 9.10. The molecule has 0 aliphatic carbocycles. The molecule has 17 heavy (non-hydrogen) atoms. The van der Waals surface area contributed by atoms with E-state index in [2.05, 4.69) is 21.2 Å². The highest BCUT2D eigenvalue weighted by atomic mass is 79.9. The molecule has 0 unspecified atom stereocenters. The molecule has 0 radical (unpaired) electrons. The van der Waals surface area contributed by atoms with E-state index in [9.17, 15) is 4.79 Å². The Bertz CT molecular complexity index is 410. The number of nitrogens with one attached hydrogen (secondary N) is 1. The number of aryl methyl sites for hydroxylation is 1. The van der Waals surface area contributed by atoms with Crippen molar-refractivity contribution in [2.24, 2.45) is 0 Å². The fourth-order valence-corrected chi connectivity index (χ4v) is 1.56. The summed E-state index contributed by atoms with van der Waals surface area (Å²) >= 11 is 3.41. The van der Waals surface area contributed by atoms with Crippen LogP contribution in [0.2, 0.25) is 0 Å². The zero-order valence-corrected chi connectivity index (χ0v) is 12.2. The summed E-state index contributed by atoms with van der Waals surface area (Å²) in [6, 6.07) is 5.64. The molecule has 1 rings (SSSR count). The fourth-order valence-electron chi connectivity index (χ4n) is 1.31. The molecule has 0 spiro atoms. The monoisotopic (exact) mass is 299 g/mol. The number of benzene rings is 1. The summed E-state index contributed by atoms with van der Waals surface area (Å²) in [6.07, 6.45) is 0. The van der Waals surface area contributed by atoms with Gasteiger partial charge in [0.25, 0.3) is 5.91 Å². The second kappa shape index (κ2) is 5.54. The van der Waals surface area contributed by atoms with Crippen molar-refractivity contribution in [1.82, 2.24) is 5.32 Å². The minimum atomic E-state index is -0.226. The molecular weight excluding hydrogens is 282 g/mol. The first-order chi connectivity index (χ1) is 7.78. The van der Waals surface area contributed by atoms with Gasteiger partial charge in [-0.1, -0.05) is 15.9 Å². The van der Waals surface area contributed by atoms with Crippen LogP contribution in [0.15, 0.2) is 22.7 Å². The SMILES string of the molecule is Cc1cc(OCC(=O)NC(C)(C)C)ccc1Br. The van der Waals surface area contributed by atoms with Gasteiger partial charge < -0.3 is 10.1 Å². The molecule has 1 aromatic rings. The normalized spacial score (nSPS) is 11.1. The van der Waals surface area contributed by atoms with E-state index in [0.717, 1.165) is 10.0 Å². The van der Waals surface area contributed by atoms with Crippen LogP contribution in [0.4, 0.5) is 0 Å². The molecule has 0 fully saturated rings. The number of amides is 1. The van der Waals surface area contributed by atoms with E-state index in [1.54, 1.807) is 0 Å². The lowest BCUT2D eigenvalue weighted by Gasteiger charge is -2.20. The first kappa shape index (κ1) is 14.0. The third-order valence-electron chi connectivity index (χ3n) is 2.01. The average Bonchev–Trinajstić information content (AvgIpc) is 2.17. The number of hydrogen-bond acceptors (Lipinski definition) is 2. The van der Waals surface area contributed by atoms with Gasteiger partial charge in [-0.05, 0) is 51.5 Å². The Balaban J connectivity index is 2.50. The highest BCUT2D eigenvalue weighted by Gasteiger charge is 2.13. The van der Waals surface area contributed by atoms with Crippen LogP contribution in [0.3, 0.4) is 0 Å². The number of rotatable bonds is 3. The summed E-state index contributed by atoms with van der Waals surface area (Å²) in [7, 11) is 0. The molecule has 0 heterocycles. The van der Waals surface area contributed by atoms with Crippen molar-refractivity contribution in [2.75, 3.05) is 6.61 Å². The quantitative estimate of drug-likeness (QED) is 0.931. The van der Waals surface area contributed by atoms with Crippen LogP contribution in [0.25, 0.3) is 0 Å². The molecule has 94 valence electrons. The van der Waals surface area contributed by atoms with Crippen molar-refractivity contribution in [3.05, 3.63) is 28.2 Å². The van der Waals surface area contributed by atoms with Gasteiger partial charge >= 0.3 is 0 Å². The Kier molecular flexibility index (Phi) is 4.57. The van der Waals surface area contributed by atoms with Crippen LogP contribution in [0.5, 0.6) is 5.75 Å². The van der Waals surface area contributed by atoms with E-state index in [1.807, 2.05) is 45.9 Å². The minimum absolute atomic E-state index is 0.0400. The topological polar surface area (TPSA) is 38.3 Å². The van der Waals surface area contributed by atoms with Crippen molar-refractivity contribution in [1.29, 1.82) is 0 Å². The van der Waals surface area contributed by atoms with Gasteiger partial charge in [-0.3, -0.25) is 4.79 Å². The van der Waals surface area contributed by atoms with E-state index < -0.39 is 0 Å². The second-order valence-corrected chi connectivity index (χ2v) is 5.85.